The van der Waals surface area contributed by atoms with E-state index in [1.54, 1.807) is 31.4 Å². The van der Waals surface area contributed by atoms with Crippen LogP contribution >= 0.6 is 0 Å². The Morgan fingerprint density at radius 2 is 1.79 bits per heavy atom. The van der Waals surface area contributed by atoms with E-state index in [9.17, 15) is 20.0 Å². The lowest BCUT2D eigenvalue weighted by Crippen LogP contribution is -2.67. The van der Waals surface area contributed by atoms with E-state index < -0.39 is 47.8 Å². The average Bonchev–Trinajstić information content (AvgIpc) is 2.81. The monoisotopic (exact) mass is 460 g/mol. The van der Waals surface area contributed by atoms with Gasteiger partial charge in [-0.2, -0.15) is 0 Å². The Kier molecular flexibility index (Phi) is 6.75. The summed E-state index contributed by atoms with van der Waals surface area (Å²) in [5.41, 5.74) is 0.644. The molecular weight excluding hydrogens is 436 g/mol. The number of fused-ring (bicyclic) bond motifs is 1. The molecule has 0 spiro atoms. The molecule has 0 saturated carbocycles. The molecule has 1 amide bonds. The second-order valence-corrected chi connectivity index (χ2v) is 7.67. The molecule has 33 heavy (non-hydrogen) atoms. The minimum Gasteiger partial charge on any atom is -0.497 e. The first-order chi connectivity index (χ1) is 15.9. The normalized spacial score (nSPS) is 28.9. The molecule has 6 unspecified atom stereocenters. The van der Waals surface area contributed by atoms with Gasteiger partial charge in [-0.05, 0) is 24.3 Å². The second kappa shape index (κ2) is 9.71. The number of benzene rings is 2. The van der Waals surface area contributed by atoms with Gasteiger partial charge in [-0.1, -0.05) is 12.1 Å². The number of rotatable bonds is 6. The molecule has 2 saturated heterocycles. The number of amides is 1. The molecule has 0 bridgehead atoms. The van der Waals surface area contributed by atoms with Crippen LogP contribution in [0.15, 0.2) is 48.5 Å². The highest BCUT2D eigenvalue weighted by Gasteiger charge is 2.50. The SMILES string of the molecule is COc1ccc(C2OCC3OC(Oc4ccc([N+](=O)[O-])cc4)C(NC(C)=O)C(O)C3O2)cc1. The van der Waals surface area contributed by atoms with Gasteiger partial charge in [0.05, 0.1) is 18.6 Å². The van der Waals surface area contributed by atoms with E-state index in [1.165, 1.54) is 31.2 Å². The molecule has 2 aromatic carbocycles. The molecule has 2 aliphatic rings. The molecule has 2 fully saturated rings. The summed E-state index contributed by atoms with van der Waals surface area (Å²) < 4.78 is 28.7. The number of hydrogen-bond donors (Lipinski definition) is 2. The fourth-order valence-corrected chi connectivity index (χ4v) is 3.79. The van der Waals surface area contributed by atoms with Crippen molar-refractivity contribution in [2.75, 3.05) is 13.7 Å². The molecule has 2 heterocycles. The molecule has 11 heteroatoms. The van der Waals surface area contributed by atoms with Crippen LogP contribution in [0, 0.1) is 10.1 Å². The zero-order valence-corrected chi connectivity index (χ0v) is 18.0. The number of aliphatic hydroxyl groups excluding tert-OH is 1. The van der Waals surface area contributed by atoms with Crippen LogP contribution in [0.4, 0.5) is 5.69 Å². The summed E-state index contributed by atoms with van der Waals surface area (Å²) in [4.78, 5) is 22.1. The smallest absolute Gasteiger partial charge is 0.269 e. The molecule has 0 aliphatic carbocycles. The number of non-ortho nitro benzene ring substituents is 1. The van der Waals surface area contributed by atoms with Crippen LogP contribution in [0.2, 0.25) is 0 Å². The standard InChI is InChI=1S/C22H24N2O9/c1-12(25)23-18-19(26)20-17(11-30-21(33-20)13-3-7-15(29-2)8-4-13)32-22(18)31-16-9-5-14(6-10-16)24(27)28/h3-10,17-22,26H,11H2,1-2H3,(H,23,25). The number of nitro groups is 1. The quantitative estimate of drug-likeness (QED) is 0.487. The topological polar surface area (TPSA) is 139 Å². The Labute approximate surface area is 189 Å². The molecule has 0 aromatic heterocycles. The van der Waals surface area contributed by atoms with Crippen molar-refractivity contribution in [3.05, 3.63) is 64.2 Å². The summed E-state index contributed by atoms with van der Waals surface area (Å²) in [6.07, 6.45) is -4.43. The van der Waals surface area contributed by atoms with E-state index in [2.05, 4.69) is 5.32 Å². The third-order valence-corrected chi connectivity index (χ3v) is 5.42. The summed E-state index contributed by atoms with van der Waals surface area (Å²) in [7, 11) is 1.57. The van der Waals surface area contributed by atoms with Crippen LogP contribution in [0.1, 0.15) is 18.8 Å². The molecule has 2 aliphatic heterocycles. The fourth-order valence-electron chi connectivity index (χ4n) is 3.79. The highest BCUT2D eigenvalue weighted by molar-refractivity contribution is 5.73. The lowest BCUT2D eigenvalue weighted by Gasteiger charge is -2.47. The second-order valence-electron chi connectivity index (χ2n) is 7.67. The van der Waals surface area contributed by atoms with E-state index in [0.717, 1.165) is 5.56 Å². The van der Waals surface area contributed by atoms with E-state index in [1.807, 2.05) is 0 Å². The third kappa shape index (κ3) is 5.06. The van der Waals surface area contributed by atoms with Gasteiger partial charge in [0.25, 0.3) is 5.69 Å². The van der Waals surface area contributed by atoms with Crippen molar-refractivity contribution in [1.82, 2.24) is 5.32 Å². The van der Waals surface area contributed by atoms with E-state index in [-0.39, 0.29) is 18.0 Å². The molecule has 2 N–H and O–H groups in total. The van der Waals surface area contributed by atoms with Crippen molar-refractivity contribution in [1.29, 1.82) is 0 Å². The maximum absolute atomic E-state index is 11.8. The molecule has 11 nitrogen and oxygen atoms in total. The van der Waals surface area contributed by atoms with Gasteiger partial charge < -0.3 is 34.1 Å². The molecular formula is C22H24N2O9. The van der Waals surface area contributed by atoms with Crippen LogP contribution in [-0.4, -0.2) is 60.3 Å². The predicted molar refractivity (Wildman–Crippen MR) is 113 cm³/mol. The van der Waals surface area contributed by atoms with Gasteiger partial charge in [-0.25, -0.2) is 0 Å². The molecule has 6 atom stereocenters. The maximum atomic E-state index is 11.8. The zero-order valence-electron chi connectivity index (χ0n) is 18.0. The van der Waals surface area contributed by atoms with Gasteiger partial charge in [0.15, 0.2) is 6.29 Å². The van der Waals surface area contributed by atoms with Crippen molar-refractivity contribution in [2.45, 2.75) is 43.9 Å². The summed E-state index contributed by atoms with van der Waals surface area (Å²) in [6, 6.07) is 11.6. The van der Waals surface area contributed by atoms with Crippen molar-refractivity contribution < 1.29 is 38.5 Å². The van der Waals surface area contributed by atoms with E-state index in [0.29, 0.717) is 5.75 Å². The Morgan fingerprint density at radius 1 is 1.12 bits per heavy atom. The lowest BCUT2D eigenvalue weighted by atomic mass is 9.95. The highest BCUT2D eigenvalue weighted by atomic mass is 16.7. The van der Waals surface area contributed by atoms with Crippen LogP contribution in [0.5, 0.6) is 11.5 Å². The third-order valence-electron chi connectivity index (χ3n) is 5.42. The Balaban J connectivity index is 1.50. The van der Waals surface area contributed by atoms with Gasteiger partial charge in [0, 0.05) is 24.6 Å². The summed E-state index contributed by atoms with van der Waals surface area (Å²) in [5.74, 6) is 0.572. The fraction of sp³-hybridized carbons (Fsp3) is 0.409. The van der Waals surface area contributed by atoms with Gasteiger partial charge in [-0.3, -0.25) is 14.9 Å². The number of carbonyl (C=O) groups is 1. The largest absolute Gasteiger partial charge is 0.497 e. The number of hydrogen-bond acceptors (Lipinski definition) is 9. The number of carbonyl (C=O) groups excluding carboxylic acids is 1. The van der Waals surface area contributed by atoms with Gasteiger partial charge in [0.1, 0.15) is 35.9 Å². The molecule has 176 valence electrons. The van der Waals surface area contributed by atoms with Crippen molar-refractivity contribution in [3.63, 3.8) is 0 Å². The van der Waals surface area contributed by atoms with Crippen molar-refractivity contribution in [3.8, 4) is 11.5 Å². The first-order valence-corrected chi connectivity index (χ1v) is 10.3. The number of nitrogens with one attached hydrogen (secondary N) is 1. The van der Waals surface area contributed by atoms with Crippen molar-refractivity contribution in [2.24, 2.45) is 0 Å². The zero-order chi connectivity index (χ0) is 23.5. The predicted octanol–water partition coefficient (Wildman–Crippen LogP) is 1.69. The summed E-state index contributed by atoms with van der Waals surface area (Å²) in [6.45, 7) is 1.43. The van der Waals surface area contributed by atoms with Crippen molar-refractivity contribution >= 4 is 11.6 Å². The van der Waals surface area contributed by atoms with E-state index in [4.69, 9.17) is 23.7 Å². The number of aliphatic hydroxyl groups is 1. The van der Waals surface area contributed by atoms with Crippen LogP contribution in [0.3, 0.4) is 0 Å². The van der Waals surface area contributed by atoms with Gasteiger partial charge in [-0.15, -0.1) is 0 Å². The molecule has 4 rings (SSSR count). The number of nitro benzene ring substituents is 1. The van der Waals surface area contributed by atoms with Gasteiger partial charge >= 0.3 is 0 Å². The Morgan fingerprint density at radius 3 is 2.39 bits per heavy atom. The maximum Gasteiger partial charge on any atom is 0.269 e. The Bertz CT molecular complexity index is 982. The highest BCUT2D eigenvalue weighted by Crippen LogP contribution is 2.35. The minimum atomic E-state index is -1.17. The van der Waals surface area contributed by atoms with Crippen LogP contribution in [0.25, 0.3) is 0 Å². The first-order valence-electron chi connectivity index (χ1n) is 10.3. The number of ether oxygens (including phenoxy) is 5. The van der Waals surface area contributed by atoms with Crippen LogP contribution < -0.4 is 14.8 Å². The number of nitrogens with zero attached hydrogens (tertiary/aromatic N) is 1. The molecule has 0 radical (unpaired) electrons. The van der Waals surface area contributed by atoms with E-state index >= 15 is 0 Å². The van der Waals surface area contributed by atoms with Gasteiger partial charge in [0.2, 0.25) is 12.2 Å². The average molecular weight is 460 g/mol. The first kappa shape index (κ1) is 22.9. The minimum absolute atomic E-state index is 0.0934. The summed E-state index contributed by atoms with van der Waals surface area (Å²) >= 11 is 0. The lowest BCUT2D eigenvalue weighted by molar-refractivity contribution is -0.384. The molecule has 2 aromatic rings. The summed E-state index contributed by atoms with van der Waals surface area (Å²) in [5, 5.41) is 24.6. The van der Waals surface area contributed by atoms with Crippen LogP contribution in [-0.2, 0) is 19.0 Å². The Hall–Kier alpha value is -3.25. The number of methoxy groups -OCH3 is 1.